The summed E-state index contributed by atoms with van der Waals surface area (Å²) in [5.74, 6) is -0.109. The zero-order chi connectivity index (χ0) is 12.4. The van der Waals surface area contributed by atoms with E-state index in [1.54, 1.807) is 24.3 Å². The van der Waals surface area contributed by atoms with E-state index in [9.17, 15) is 4.79 Å². The smallest absolute Gasteiger partial charge is 0.193 e. The van der Waals surface area contributed by atoms with Gasteiger partial charge in [0, 0.05) is 15.6 Å². The van der Waals surface area contributed by atoms with Gasteiger partial charge in [-0.05, 0) is 31.2 Å². The van der Waals surface area contributed by atoms with Gasteiger partial charge in [0.1, 0.15) is 0 Å². The molecule has 0 atom stereocenters. The minimum absolute atomic E-state index is 0.109. The normalized spacial score (nSPS) is 11.0. The molecule has 2 heteroatoms. The monoisotopic (exact) mass is 275 g/mol. The molecule has 0 saturated carbocycles. The Balaban J connectivity index is 2.40. The molecule has 0 radical (unpaired) electrons. The van der Waals surface area contributed by atoms with E-state index in [-0.39, 0.29) is 11.8 Å². The van der Waals surface area contributed by atoms with Crippen molar-refractivity contribution in [2.45, 2.75) is 6.92 Å². The summed E-state index contributed by atoms with van der Waals surface area (Å²) in [6.07, 6.45) is 0. The topological polar surface area (TPSA) is 17.1 Å². The van der Waals surface area contributed by atoms with E-state index in [4.69, 9.17) is 1.37 Å². The molecule has 0 N–H and O–H groups in total. The summed E-state index contributed by atoms with van der Waals surface area (Å²) in [4.78, 5) is 12.2. The SMILES string of the molecule is [2H]c1cc(C)ccc1C(=O)c1ccc(Br)cc1. The first kappa shape index (κ1) is 9.79. The summed E-state index contributed by atoms with van der Waals surface area (Å²) in [5, 5.41) is 0. The minimum Gasteiger partial charge on any atom is -0.289 e. The Hall–Kier alpha value is -1.41. The number of benzene rings is 2. The summed E-state index contributed by atoms with van der Waals surface area (Å²) in [6.45, 7) is 1.91. The predicted molar refractivity (Wildman–Crippen MR) is 68.8 cm³/mol. The van der Waals surface area contributed by atoms with Crippen LogP contribution in [0, 0.1) is 6.92 Å². The van der Waals surface area contributed by atoms with Gasteiger partial charge < -0.3 is 0 Å². The standard InChI is InChI=1S/C14H11BrO/c1-10-2-4-11(5-3-10)14(16)12-6-8-13(15)9-7-12/h2-9H,1H3/i4D. The van der Waals surface area contributed by atoms with Crippen molar-refractivity contribution in [3.05, 3.63) is 69.7 Å². The Morgan fingerprint density at radius 1 is 1.06 bits per heavy atom. The highest BCUT2D eigenvalue weighted by Gasteiger charge is 2.07. The van der Waals surface area contributed by atoms with E-state index in [2.05, 4.69) is 15.9 Å². The molecule has 0 aliphatic carbocycles. The highest BCUT2D eigenvalue weighted by Crippen LogP contribution is 2.14. The number of hydrogen-bond acceptors (Lipinski definition) is 1. The molecule has 0 bridgehead atoms. The van der Waals surface area contributed by atoms with E-state index >= 15 is 0 Å². The van der Waals surface area contributed by atoms with Gasteiger partial charge in [-0.1, -0.05) is 45.7 Å². The quantitative estimate of drug-likeness (QED) is 0.758. The van der Waals surface area contributed by atoms with Gasteiger partial charge in [0.05, 0.1) is 1.37 Å². The number of hydrogen-bond donors (Lipinski definition) is 0. The van der Waals surface area contributed by atoms with Gasteiger partial charge in [0.2, 0.25) is 0 Å². The molecule has 80 valence electrons. The molecule has 0 unspecified atom stereocenters. The Morgan fingerprint density at radius 3 is 2.31 bits per heavy atom. The first-order valence-corrected chi connectivity index (χ1v) is 5.75. The van der Waals surface area contributed by atoms with Crippen molar-refractivity contribution in [1.82, 2.24) is 0 Å². The third-order valence-corrected chi connectivity index (χ3v) is 2.85. The van der Waals surface area contributed by atoms with Gasteiger partial charge >= 0.3 is 0 Å². The predicted octanol–water partition coefficient (Wildman–Crippen LogP) is 3.99. The third-order valence-electron chi connectivity index (χ3n) is 2.32. The number of carbonyl (C=O) groups is 1. The van der Waals surface area contributed by atoms with Crippen LogP contribution in [0.1, 0.15) is 22.9 Å². The second-order valence-corrected chi connectivity index (χ2v) is 4.53. The average Bonchev–Trinajstić information content (AvgIpc) is 2.29. The molecule has 0 spiro atoms. The van der Waals surface area contributed by atoms with Crippen molar-refractivity contribution in [2.24, 2.45) is 0 Å². The van der Waals surface area contributed by atoms with E-state index in [0.29, 0.717) is 11.1 Å². The van der Waals surface area contributed by atoms with Crippen LogP contribution in [-0.4, -0.2) is 5.78 Å². The van der Waals surface area contributed by atoms with Gasteiger partial charge in [0.15, 0.2) is 5.78 Å². The first-order chi connectivity index (χ1) is 8.08. The van der Waals surface area contributed by atoms with E-state index in [1.807, 2.05) is 25.1 Å². The van der Waals surface area contributed by atoms with Crippen LogP contribution in [0.2, 0.25) is 0 Å². The minimum atomic E-state index is -0.109. The molecular weight excluding hydrogens is 264 g/mol. The molecule has 2 aromatic carbocycles. The Morgan fingerprint density at radius 2 is 1.69 bits per heavy atom. The second-order valence-electron chi connectivity index (χ2n) is 3.62. The zero-order valence-electron chi connectivity index (χ0n) is 9.83. The van der Waals surface area contributed by atoms with Gasteiger partial charge in [0.25, 0.3) is 0 Å². The van der Waals surface area contributed by atoms with Gasteiger partial charge in [-0.2, -0.15) is 0 Å². The fraction of sp³-hybridized carbons (Fsp3) is 0.0714. The van der Waals surface area contributed by atoms with Gasteiger partial charge in [-0.3, -0.25) is 4.79 Å². The number of halogens is 1. The maximum absolute atomic E-state index is 12.2. The molecule has 2 aromatic rings. The van der Waals surface area contributed by atoms with Crippen molar-refractivity contribution in [3.63, 3.8) is 0 Å². The number of ketones is 1. The van der Waals surface area contributed by atoms with Crippen molar-refractivity contribution in [2.75, 3.05) is 0 Å². The van der Waals surface area contributed by atoms with Crippen LogP contribution in [0.15, 0.2) is 53.0 Å². The summed E-state index contributed by atoms with van der Waals surface area (Å²) < 4.78 is 8.74. The van der Waals surface area contributed by atoms with Crippen molar-refractivity contribution in [1.29, 1.82) is 0 Å². The molecular formula is C14H11BrO. The maximum Gasteiger partial charge on any atom is 0.193 e. The van der Waals surface area contributed by atoms with Crippen molar-refractivity contribution in [3.8, 4) is 0 Å². The third kappa shape index (κ3) is 2.39. The van der Waals surface area contributed by atoms with Crippen LogP contribution in [0.5, 0.6) is 0 Å². The number of aryl methyl sites for hydroxylation is 1. The maximum atomic E-state index is 12.2. The average molecular weight is 276 g/mol. The summed E-state index contributed by atoms with van der Waals surface area (Å²) in [5.41, 5.74) is 2.03. The lowest BCUT2D eigenvalue weighted by Crippen LogP contribution is -2.00. The Kier molecular flexibility index (Phi) is 2.83. The van der Waals surface area contributed by atoms with Crippen molar-refractivity contribution >= 4 is 21.7 Å². The molecule has 0 saturated heterocycles. The lowest BCUT2D eigenvalue weighted by molar-refractivity contribution is 0.103. The van der Waals surface area contributed by atoms with E-state index < -0.39 is 0 Å². The van der Waals surface area contributed by atoms with Crippen LogP contribution in [0.25, 0.3) is 0 Å². The molecule has 0 aromatic heterocycles. The van der Waals surface area contributed by atoms with Gasteiger partial charge in [-0.25, -0.2) is 0 Å². The molecule has 1 nitrogen and oxygen atoms in total. The van der Waals surface area contributed by atoms with E-state index in [1.165, 1.54) is 0 Å². The van der Waals surface area contributed by atoms with Gasteiger partial charge in [-0.15, -0.1) is 0 Å². The summed E-state index contributed by atoms with van der Waals surface area (Å²) in [7, 11) is 0. The largest absolute Gasteiger partial charge is 0.289 e. The molecule has 0 heterocycles. The fourth-order valence-electron chi connectivity index (χ4n) is 1.40. The summed E-state index contributed by atoms with van der Waals surface area (Å²) in [6, 6.07) is 12.7. The number of rotatable bonds is 2. The molecule has 16 heavy (non-hydrogen) atoms. The highest BCUT2D eigenvalue weighted by molar-refractivity contribution is 9.10. The summed E-state index contributed by atoms with van der Waals surface area (Å²) >= 11 is 3.33. The highest BCUT2D eigenvalue weighted by atomic mass is 79.9. The van der Waals surface area contributed by atoms with Crippen LogP contribution >= 0.6 is 15.9 Å². The van der Waals surface area contributed by atoms with Crippen LogP contribution < -0.4 is 0 Å². The Labute approximate surface area is 105 Å². The Bertz CT molecular complexity index is 561. The lowest BCUT2D eigenvalue weighted by atomic mass is 10.0. The molecule has 2 rings (SSSR count). The molecule has 0 fully saturated rings. The number of carbonyl (C=O) groups excluding carboxylic acids is 1. The van der Waals surface area contributed by atoms with E-state index in [0.717, 1.165) is 10.0 Å². The van der Waals surface area contributed by atoms with Crippen LogP contribution in [0.4, 0.5) is 0 Å². The van der Waals surface area contributed by atoms with Crippen LogP contribution in [-0.2, 0) is 0 Å². The molecule has 0 aliphatic rings. The molecule has 0 aliphatic heterocycles. The fourth-order valence-corrected chi connectivity index (χ4v) is 1.66. The lowest BCUT2D eigenvalue weighted by Gasteiger charge is -2.01. The first-order valence-electron chi connectivity index (χ1n) is 5.45. The van der Waals surface area contributed by atoms with Crippen LogP contribution in [0.3, 0.4) is 0 Å². The molecule has 0 amide bonds. The second kappa shape index (κ2) is 4.62. The zero-order valence-corrected chi connectivity index (χ0v) is 10.4. The van der Waals surface area contributed by atoms with Crippen molar-refractivity contribution < 1.29 is 6.17 Å².